The second-order valence-electron chi connectivity index (χ2n) is 6.75. The molecule has 0 aliphatic rings. The van der Waals surface area contributed by atoms with Crippen molar-refractivity contribution >= 4 is 11.9 Å². The zero-order valence-corrected chi connectivity index (χ0v) is 17.9. The molecule has 30 heavy (non-hydrogen) atoms. The van der Waals surface area contributed by atoms with Crippen molar-refractivity contribution in [1.82, 2.24) is 0 Å². The number of aromatic carboxylic acids is 2. The van der Waals surface area contributed by atoms with Crippen LogP contribution in [-0.2, 0) is 0 Å². The van der Waals surface area contributed by atoms with Gasteiger partial charge in [0.25, 0.3) is 0 Å². The largest absolute Gasteiger partial charge is 0.478 e. The van der Waals surface area contributed by atoms with Crippen LogP contribution in [0, 0.1) is 5.92 Å². The smallest absolute Gasteiger partial charge is 0.335 e. The summed E-state index contributed by atoms with van der Waals surface area (Å²) >= 11 is 0. The van der Waals surface area contributed by atoms with E-state index in [0.29, 0.717) is 11.1 Å². The van der Waals surface area contributed by atoms with E-state index in [1.165, 1.54) is 0 Å². The molecule has 0 amide bonds. The molecule has 2 aromatic rings. The summed E-state index contributed by atoms with van der Waals surface area (Å²) in [5.74, 6) is -1.68. The highest BCUT2D eigenvalue weighted by Gasteiger charge is 2.23. The molecule has 2 aromatic carbocycles. The fourth-order valence-electron chi connectivity index (χ4n) is 2.74. The number of aliphatic hydroxyl groups is 2. The van der Waals surface area contributed by atoms with Gasteiger partial charge in [0.05, 0.1) is 23.3 Å². The Bertz CT molecular complexity index is 643. The van der Waals surface area contributed by atoms with E-state index in [9.17, 15) is 19.8 Å². The Kier molecular flexibility index (Phi) is 14.7. The fourth-order valence-corrected chi connectivity index (χ4v) is 2.74. The molecule has 2 unspecified atom stereocenters. The third-order valence-electron chi connectivity index (χ3n) is 4.49. The second kappa shape index (κ2) is 16.1. The van der Waals surface area contributed by atoms with Crippen molar-refractivity contribution in [3.05, 3.63) is 71.8 Å². The van der Waals surface area contributed by atoms with Crippen molar-refractivity contribution < 1.29 is 30.0 Å². The monoisotopic (exact) mass is 418 g/mol. The van der Waals surface area contributed by atoms with Gasteiger partial charge in [0, 0.05) is 5.92 Å². The van der Waals surface area contributed by atoms with E-state index in [1.807, 2.05) is 13.8 Å². The molecule has 0 spiro atoms. The van der Waals surface area contributed by atoms with Crippen LogP contribution >= 0.6 is 0 Å². The minimum atomic E-state index is -0.879. The molecule has 0 bridgehead atoms. The third-order valence-corrected chi connectivity index (χ3v) is 4.49. The minimum absolute atomic E-state index is 0.0741. The van der Waals surface area contributed by atoms with E-state index >= 15 is 0 Å². The Hall–Kier alpha value is -2.70. The lowest BCUT2D eigenvalue weighted by atomic mass is 9.89. The van der Waals surface area contributed by atoms with Gasteiger partial charge in [-0.15, -0.1) is 0 Å². The number of aliphatic hydroxyl groups excluding tert-OH is 2. The molecule has 0 aliphatic carbocycles. The standard InChI is InChI=1S/C10H22O2.2C7H6O2/c1-4-7-8(9(11)5-2)10(12)6-3;2*8-7(9)6-4-2-1-3-5-6/h8-12H,4-7H2,1-3H3;2*1-5H,(H,8,9). The summed E-state index contributed by atoms with van der Waals surface area (Å²) in [7, 11) is 0. The summed E-state index contributed by atoms with van der Waals surface area (Å²) in [6, 6.07) is 16.6. The van der Waals surface area contributed by atoms with Crippen molar-refractivity contribution in [1.29, 1.82) is 0 Å². The van der Waals surface area contributed by atoms with Gasteiger partial charge in [-0.25, -0.2) is 9.59 Å². The minimum Gasteiger partial charge on any atom is -0.478 e. The molecular weight excluding hydrogens is 384 g/mol. The van der Waals surface area contributed by atoms with Crippen molar-refractivity contribution in [2.24, 2.45) is 5.92 Å². The molecule has 0 radical (unpaired) electrons. The van der Waals surface area contributed by atoms with E-state index < -0.39 is 11.9 Å². The first-order valence-electron chi connectivity index (χ1n) is 10.2. The average molecular weight is 419 g/mol. The first-order chi connectivity index (χ1) is 14.3. The SMILES string of the molecule is CCCC(C(O)CC)C(O)CC.O=C(O)c1ccccc1.O=C(O)c1ccccc1. The molecule has 6 nitrogen and oxygen atoms in total. The van der Waals surface area contributed by atoms with Gasteiger partial charge in [-0.1, -0.05) is 63.6 Å². The Balaban J connectivity index is 0.000000426. The van der Waals surface area contributed by atoms with Crippen LogP contribution in [0.4, 0.5) is 0 Å². The summed E-state index contributed by atoms with van der Waals surface area (Å²) in [6.07, 6.45) is 2.76. The molecule has 6 heteroatoms. The van der Waals surface area contributed by atoms with Gasteiger partial charge < -0.3 is 20.4 Å². The topological polar surface area (TPSA) is 115 Å². The molecular formula is C24H34O6. The molecule has 0 aliphatic heterocycles. The quantitative estimate of drug-likeness (QED) is 0.493. The molecule has 2 atom stereocenters. The van der Waals surface area contributed by atoms with Gasteiger partial charge in [-0.3, -0.25) is 0 Å². The number of hydrogen-bond donors (Lipinski definition) is 4. The van der Waals surface area contributed by atoms with Gasteiger partial charge in [-0.2, -0.15) is 0 Å². The Labute approximate surface area is 178 Å². The summed E-state index contributed by atoms with van der Waals surface area (Å²) < 4.78 is 0. The molecule has 0 aromatic heterocycles. The van der Waals surface area contributed by atoms with Crippen molar-refractivity contribution in [2.75, 3.05) is 0 Å². The predicted octanol–water partition coefficient (Wildman–Crippen LogP) is 4.71. The van der Waals surface area contributed by atoms with Crippen molar-refractivity contribution in [2.45, 2.75) is 58.7 Å². The normalized spacial score (nSPS) is 12.8. The highest BCUT2D eigenvalue weighted by Crippen LogP contribution is 2.20. The molecule has 4 N–H and O–H groups in total. The summed E-state index contributed by atoms with van der Waals surface area (Å²) in [5.41, 5.74) is 0.662. The lowest BCUT2D eigenvalue weighted by molar-refractivity contribution is 0.00433. The van der Waals surface area contributed by atoms with E-state index in [4.69, 9.17) is 10.2 Å². The lowest BCUT2D eigenvalue weighted by Crippen LogP contribution is -2.30. The van der Waals surface area contributed by atoms with Gasteiger partial charge >= 0.3 is 11.9 Å². The maximum absolute atomic E-state index is 10.2. The molecule has 0 saturated heterocycles. The van der Waals surface area contributed by atoms with Crippen LogP contribution in [0.15, 0.2) is 60.7 Å². The average Bonchev–Trinajstić information content (AvgIpc) is 2.78. The second-order valence-corrected chi connectivity index (χ2v) is 6.75. The first kappa shape index (κ1) is 27.3. The van der Waals surface area contributed by atoms with E-state index in [1.54, 1.807) is 60.7 Å². The van der Waals surface area contributed by atoms with Crippen LogP contribution in [0.25, 0.3) is 0 Å². The summed E-state index contributed by atoms with van der Waals surface area (Å²) in [5, 5.41) is 36.0. The highest BCUT2D eigenvalue weighted by molar-refractivity contribution is 5.87. The molecule has 0 saturated carbocycles. The van der Waals surface area contributed by atoms with Gasteiger partial charge in [0.2, 0.25) is 0 Å². The number of carboxylic acid groups (broad SMARTS) is 2. The molecule has 166 valence electrons. The molecule has 0 heterocycles. The lowest BCUT2D eigenvalue weighted by Gasteiger charge is -2.25. The van der Waals surface area contributed by atoms with E-state index in [-0.39, 0.29) is 18.1 Å². The van der Waals surface area contributed by atoms with Gasteiger partial charge in [0.15, 0.2) is 0 Å². The maximum Gasteiger partial charge on any atom is 0.335 e. The molecule has 2 rings (SSSR count). The van der Waals surface area contributed by atoms with Crippen LogP contribution in [0.5, 0.6) is 0 Å². The first-order valence-corrected chi connectivity index (χ1v) is 10.2. The number of benzene rings is 2. The van der Waals surface area contributed by atoms with Gasteiger partial charge in [-0.05, 0) is 43.5 Å². The molecule has 0 fully saturated rings. The van der Waals surface area contributed by atoms with Crippen molar-refractivity contribution in [3.8, 4) is 0 Å². The highest BCUT2D eigenvalue weighted by atomic mass is 16.4. The van der Waals surface area contributed by atoms with Crippen LogP contribution in [-0.4, -0.2) is 44.6 Å². The zero-order chi connectivity index (χ0) is 22.9. The van der Waals surface area contributed by atoms with Crippen molar-refractivity contribution in [3.63, 3.8) is 0 Å². The Morgan fingerprint density at radius 2 is 1.03 bits per heavy atom. The third kappa shape index (κ3) is 11.3. The summed E-state index contributed by atoms with van der Waals surface area (Å²) in [6.45, 7) is 5.99. The van der Waals surface area contributed by atoms with E-state index in [2.05, 4.69) is 6.92 Å². The number of hydrogen-bond acceptors (Lipinski definition) is 4. The van der Waals surface area contributed by atoms with Crippen LogP contribution < -0.4 is 0 Å². The van der Waals surface area contributed by atoms with E-state index in [0.717, 1.165) is 25.7 Å². The maximum atomic E-state index is 10.2. The summed E-state index contributed by atoms with van der Waals surface area (Å²) in [4.78, 5) is 20.4. The number of carboxylic acids is 2. The Morgan fingerprint density at radius 1 is 0.700 bits per heavy atom. The predicted molar refractivity (Wildman–Crippen MR) is 118 cm³/mol. The number of rotatable bonds is 8. The van der Waals surface area contributed by atoms with Crippen LogP contribution in [0.2, 0.25) is 0 Å². The Morgan fingerprint density at radius 3 is 1.23 bits per heavy atom. The van der Waals surface area contributed by atoms with Crippen LogP contribution in [0.1, 0.15) is 67.2 Å². The zero-order valence-electron chi connectivity index (χ0n) is 17.9. The fraction of sp³-hybridized carbons (Fsp3) is 0.417. The number of carbonyl (C=O) groups is 2. The van der Waals surface area contributed by atoms with Crippen LogP contribution in [0.3, 0.4) is 0 Å². The van der Waals surface area contributed by atoms with Gasteiger partial charge in [0.1, 0.15) is 0 Å².